The Morgan fingerprint density at radius 1 is 1.35 bits per heavy atom. The van der Waals surface area contributed by atoms with Gasteiger partial charge in [0.05, 0.1) is 18.8 Å². The zero-order valence-corrected chi connectivity index (χ0v) is 13.8. The van der Waals surface area contributed by atoms with Crippen LogP contribution in [0.3, 0.4) is 0 Å². The SMILES string of the molecule is CC1(C)OCC(c2ccccc2[C@]2(CO)CCCCN2C=O)O1. The number of nitrogens with zero attached hydrogens (tertiary/aromatic N) is 1. The lowest BCUT2D eigenvalue weighted by Crippen LogP contribution is -2.51. The summed E-state index contributed by atoms with van der Waals surface area (Å²) in [6.45, 7) is 4.86. The van der Waals surface area contributed by atoms with E-state index in [2.05, 4.69) is 0 Å². The van der Waals surface area contributed by atoms with Gasteiger partial charge in [0.2, 0.25) is 6.41 Å². The van der Waals surface area contributed by atoms with Gasteiger partial charge in [0, 0.05) is 6.54 Å². The summed E-state index contributed by atoms with van der Waals surface area (Å²) in [6, 6.07) is 7.93. The van der Waals surface area contributed by atoms with Crippen LogP contribution in [0.2, 0.25) is 0 Å². The van der Waals surface area contributed by atoms with Crippen molar-refractivity contribution in [1.29, 1.82) is 0 Å². The third-order valence-electron chi connectivity index (χ3n) is 5.00. The Morgan fingerprint density at radius 2 is 2.13 bits per heavy atom. The maximum atomic E-state index is 11.6. The molecular formula is C18H25NO4. The van der Waals surface area contributed by atoms with E-state index < -0.39 is 11.3 Å². The Bertz CT molecular complexity index is 574. The lowest BCUT2D eigenvalue weighted by molar-refractivity contribution is -0.140. The van der Waals surface area contributed by atoms with E-state index in [1.165, 1.54) is 0 Å². The molecule has 0 spiro atoms. The largest absolute Gasteiger partial charge is 0.394 e. The van der Waals surface area contributed by atoms with Gasteiger partial charge in [-0.05, 0) is 44.2 Å². The number of piperidine rings is 1. The van der Waals surface area contributed by atoms with Gasteiger partial charge < -0.3 is 19.5 Å². The van der Waals surface area contributed by atoms with E-state index in [-0.39, 0.29) is 12.7 Å². The number of benzene rings is 1. The fourth-order valence-electron chi connectivity index (χ4n) is 3.80. The lowest BCUT2D eigenvalue weighted by atomic mass is 9.78. The molecule has 2 aliphatic rings. The molecular weight excluding hydrogens is 294 g/mol. The Morgan fingerprint density at radius 3 is 2.78 bits per heavy atom. The summed E-state index contributed by atoms with van der Waals surface area (Å²) < 4.78 is 11.7. The minimum absolute atomic E-state index is 0.0836. The highest BCUT2D eigenvalue weighted by molar-refractivity contribution is 5.52. The van der Waals surface area contributed by atoms with E-state index in [9.17, 15) is 9.90 Å². The van der Waals surface area contributed by atoms with Crippen LogP contribution in [0.1, 0.15) is 50.3 Å². The second-order valence-corrected chi connectivity index (χ2v) is 6.85. The fraction of sp³-hybridized carbons (Fsp3) is 0.611. The molecule has 0 aliphatic carbocycles. The third-order valence-corrected chi connectivity index (χ3v) is 5.00. The first-order valence-corrected chi connectivity index (χ1v) is 8.26. The molecule has 3 rings (SSSR count). The van der Waals surface area contributed by atoms with Crippen LogP contribution < -0.4 is 0 Å². The van der Waals surface area contributed by atoms with Gasteiger partial charge in [-0.25, -0.2) is 0 Å². The van der Waals surface area contributed by atoms with E-state index in [1.54, 1.807) is 4.90 Å². The third kappa shape index (κ3) is 2.89. The van der Waals surface area contributed by atoms with Crippen LogP contribution in [-0.4, -0.2) is 42.0 Å². The molecule has 2 saturated heterocycles. The molecule has 5 heteroatoms. The predicted octanol–water partition coefficient (Wildman–Crippen LogP) is 2.34. The fourth-order valence-corrected chi connectivity index (χ4v) is 3.80. The standard InChI is InChI=1S/C18H25NO4/c1-17(2)22-11-16(23-17)14-7-3-4-8-15(14)18(12-20)9-5-6-10-19(18)13-21/h3-4,7-8,13,16,20H,5-6,9-12H2,1-2H3/t16?,18-/m1/s1. The molecule has 2 fully saturated rings. The molecule has 1 N–H and O–H groups in total. The number of likely N-dealkylation sites (tertiary alicyclic amines) is 1. The van der Waals surface area contributed by atoms with Crippen LogP contribution in [0, 0.1) is 0 Å². The average Bonchev–Trinajstić information content (AvgIpc) is 2.94. The predicted molar refractivity (Wildman–Crippen MR) is 85.7 cm³/mol. The van der Waals surface area contributed by atoms with E-state index in [1.807, 2.05) is 38.1 Å². The Balaban J connectivity index is 2.03. The first-order valence-electron chi connectivity index (χ1n) is 8.26. The van der Waals surface area contributed by atoms with Crippen molar-refractivity contribution in [2.75, 3.05) is 19.8 Å². The summed E-state index contributed by atoms with van der Waals surface area (Å²) in [5.74, 6) is -0.610. The van der Waals surface area contributed by atoms with Crippen molar-refractivity contribution < 1.29 is 19.4 Å². The van der Waals surface area contributed by atoms with Crippen molar-refractivity contribution in [3.63, 3.8) is 0 Å². The summed E-state index contributed by atoms with van der Waals surface area (Å²) in [5.41, 5.74) is 1.31. The number of carbonyl (C=O) groups is 1. The van der Waals surface area contributed by atoms with Crippen molar-refractivity contribution in [3.8, 4) is 0 Å². The van der Waals surface area contributed by atoms with Crippen molar-refractivity contribution in [3.05, 3.63) is 35.4 Å². The second-order valence-electron chi connectivity index (χ2n) is 6.85. The van der Waals surface area contributed by atoms with E-state index in [0.717, 1.165) is 36.8 Å². The quantitative estimate of drug-likeness (QED) is 0.866. The summed E-state index contributed by atoms with van der Waals surface area (Å²) in [5, 5.41) is 10.2. The van der Waals surface area contributed by atoms with Crippen molar-refractivity contribution in [1.82, 2.24) is 4.90 Å². The number of aliphatic hydroxyl groups is 1. The van der Waals surface area contributed by atoms with Gasteiger partial charge >= 0.3 is 0 Å². The molecule has 0 saturated carbocycles. The van der Waals surface area contributed by atoms with Crippen LogP contribution in [0.5, 0.6) is 0 Å². The number of carbonyl (C=O) groups excluding carboxylic acids is 1. The number of hydrogen-bond acceptors (Lipinski definition) is 4. The van der Waals surface area contributed by atoms with Gasteiger partial charge in [-0.3, -0.25) is 4.79 Å². The molecule has 0 aromatic heterocycles. The summed E-state index contributed by atoms with van der Waals surface area (Å²) in [4.78, 5) is 13.3. The molecule has 23 heavy (non-hydrogen) atoms. The number of amides is 1. The van der Waals surface area contributed by atoms with Gasteiger partial charge in [-0.1, -0.05) is 24.3 Å². The van der Waals surface area contributed by atoms with Crippen LogP contribution in [0.15, 0.2) is 24.3 Å². The average molecular weight is 319 g/mol. The maximum Gasteiger partial charge on any atom is 0.210 e. The molecule has 0 bridgehead atoms. The molecule has 1 aromatic carbocycles. The smallest absolute Gasteiger partial charge is 0.210 e. The van der Waals surface area contributed by atoms with Gasteiger partial charge in [0.1, 0.15) is 6.10 Å². The monoisotopic (exact) mass is 319 g/mol. The minimum atomic E-state index is -0.660. The Hall–Kier alpha value is -1.43. The van der Waals surface area contributed by atoms with Crippen LogP contribution in [0.25, 0.3) is 0 Å². The first-order chi connectivity index (χ1) is 11.0. The number of ether oxygens (including phenoxy) is 2. The number of hydrogen-bond donors (Lipinski definition) is 1. The van der Waals surface area contributed by atoms with Gasteiger partial charge in [-0.15, -0.1) is 0 Å². The molecule has 1 unspecified atom stereocenters. The van der Waals surface area contributed by atoms with Crippen LogP contribution >= 0.6 is 0 Å². The highest BCUT2D eigenvalue weighted by Crippen LogP contribution is 2.42. The van der Waals surface area contributed by atoms with Crippen LogP contribution in [0.4, 0.5) is 0 Å². The normalized spacial score (nSPS) is 30.4. The number of aliphatic hydroxyl groups excluding tert-OH is 1. The Kier molecular flexibility index (Phi) is 4.45. The Labute approximate surface area is 137 Å². The van der Waals surface area contributed by atoms with E-state index >= 15 is 0 Å². The molecule has 5 nitrogen and oxygen atoms in total. The molecule has 2 aliphatic heterocycles. The zero-order valence-electron chi connectivity index (χ0n) is 13.8. The van der Waals surface area contributed by atoms with Crippen LogP contribution in [-0.2, 0) is 19.8 Å². The van der Waals surface area contributed by atoms with Gasteiger partial charge in [-0.2, -0.15) is 0 Å². The van der Waals surface area contributed by atoms with Crippen molar-refractivity contribution >= 4 is 6.41 Å². The molecule has 2 heterocycles. The molecule has 1 aromatic rings. The number of rotatable bonds is 4. The molecule has 0 radical (unpaired) electrons. The molecule has 1 amide bonds. The van der Waals surface area contributed by atoms with E-state index in [0.29, 0.717) is 13.2 Å². The topological polar surface area (TPSA) is 59.0 Å². The second kappa shape index (κ2) is 6.23. The van der Waals surface area contributed by atoms with Crippen molar-refractivity contribution in [2.45, 2.75) is 50.5 Å². The lowest BCUT2D eigenvalue weighted by Gasteiger charge is -2.45. The van der Waals surface area contributed by atoms with Crippen molar-refractivity contribution in [2.24, 2.45) is 0 Å². The first kappa shape index (κ1) is 16.4. The maximum absolute atomic E-state index is 11.6. The zero-order chi connectivity index (χ0) is 16.5. The summed E-state index contributed by atoms with van der Waals surface area (Å²) in [6.07, 6.45) is 3.41. The summed E-state index contributed by atoms with van der Waals surface area (Å²) in [7, 11) is 0. The molecule has 2 atom stereocenters. The van der Waals surface area contributed by atoms with Gasteiger partial charge in [0.25, 0.3) is 0 Å². The summed E-state index contributed by atoms with van der Waals surface area (Å²) >= 11 is 0. The molecule has 126 valence electrons. The van der Waals surface area contributed by atoms with E-state index in [4.69, 9.17) is 9.47 Å². The highest BCUT2D eigenvalue weighted by atomic mass is 16.7. The van der Waals surface area contributed by atoms with Gasteiger partial charge in [0.15, 0.2) is 5.79 Å². The minimum Gasteiger partial charge on any atom is -0.394 e. The highest BCUT2D eigenvalue weighted by Gasteiger charge is 2.43.